The molecule has 2 aromatic rings. The number of nitriles is 1. The predicted octanol–water partition coefficient (Wildman–Crippen LogP) is 4.67. The molecule has 1 aliphatic heterocycles. The highest BCUT2D eigenvalue weighted by Gasteiger charge is 2.35. The van der Waals surface area contributed by atoms with Gasteiger partial charge in [0.25, 0.3) is 11.8 Å². The summed E-state index contributed by atoms with van der Waals surface area (Å²) < 4.78 is 11.4. The van der Waals surface area contributed by atoms with Crippen LogP contribution in [0.2, 0.25) is 0 Å². The smallest absolute Gasteiger partial charge is 0.271 e. The Balaban J connectivity index is 2.02. The van der Waals surface area contributed by atoms with Crippen LogP contribution in [0.3, 0.4) is 0 Å². The molecule has 2 amide bonds. The lowest BCUT2D eigenvalue weighted by Gasteiger charge is -2.27. The van der Waals surface area contributed by atoms with Crippen LogP contribution in [-0.4, -0.2) is 29.9 Å². The second kappa shape index (κ2) is 10.5. The Morgan fingerprint density at radius 1 is 1.00 bits per heavy atom. The van der Waals surface area contributed by atoms with Gasteiger partial charge in [-0.15, -0.1) is 0 Å². The number of hydrogen-bond acceptors (Lipinski definition) is 5. The highest BCUT2D eigenvalue weighted by Crippen LogP contribution is 2.32. The van der Waals surface area contributed by atoms with Gasteiger partial charge in [0.05, 0.1) is 19.8 Å². The molecule has 0 aliphatic carbocycles. The first-order valence-electron chi connectivity index (χ1n) is 10.6. The second-order valence-electron chi connectivity index (χ2n) is 7.34. The Kier molecular flexibility index (Phi) is 7.45. The van der Waals surface area contributed by atoms with Gasteiger partial charge in [-0.1, -0.05) is 43.3 Å². The molecule has 1 heterocycles. The van der Waals surface area contributed by atoms with E-state index in [9.17, 15) is 14.9 Å². The van der Waals surface area contributed by atoms with Crippen LogP contribution in [0.1, 0.15) is 38.3 Å². The lowest BCUT2D eigenvalue weighted by atomic mass is 9.93. The summed E-state index contributed by atoms with van der Waals surface area (Å²) >= 11 is 0. The maximum Gasteiger partial charge on any atom is 0.271 e. The molecule has 0 spiro atoms. The van der Waals surface area contributed by atoms with E-state index in [2.05, 4.69) is 0 Å². The van der Waals surface area contributed by atoms with E-state index >= 15 is 0 Å². The van der Waals surface area contributed by atoms with Gasteiger partial charge in [0, 0.05) is 5.57 Å². The monoisotopic (exact) mass is 430 g/mol. The fraction of sp³-hybridized carbons (Fsp3) is 0.269. The van der Waals surface area contributed by atoms with E-state index in [1.54, 1.807) is 25.1 Å². The number of benzene rings is 2. The maximum absolute atomic E-state index is 13.3. The Bertz CT molecular complexity index is 1110. The molecule has 0 saturated carbocycles. The third-order valence-electron chi connectivity index (χ3n) is 5.05. The van der Waals surface area contributed by atoms with Crippen molar-refractivity contribution in [3.63, 3.8) is 0 Å². The van der Waals surface area contributed by atoms with Crippen molar-refractivity contribution < 1.29 is 19.1 Å². The Labute approximate surface area is 188 Å². The minimum Gasteiger partial charge on any atom is -0.490 e. The first-order valence-corrected chi connectivity index (χ1v) is 10.6. The summed E-state index contributed by atoms with van der Waals surface area (Å²) in [5.41, 5.74) is 2.17. The zero-order valence-corrected chi connectivity index (χ0v) is 18.6. The molecule has 0 N–H and O–H groups in total. The van der Waals surface area contributed by atoms with Crippen LogP contribution in [0.5, 0.6) is 11.5 Å². The van der Waals surface area contributed by atoms with Gasteiger partial charge in [0.15, 0.2) is 11.5 Å². The van der Waals surface area contributed by atoms with Gasteiger partial charge < -0.3 is 9.47 Å². The number of rotatable bonds is 8. The molecule has 164 valence electrons. The van der Waals surface area contributed by atoms with Crippen LogP contribution >= 0.6 is 0 Å². The van der Waals surface area contributed by atoms with Crippen LogP contribution < -0.4 is 9.47 Å². The van der Waals surface area contributed by atoms with Gasteiger partial charge in [-0.25, -0.2) is 0 Å². The van der Waals surface area contributed by atoms with Gasteiger partial charge in [-0.05, 0) is 55.2 Å². The summed E-state index contributed by atoms with van der Waals surface area (Å²) in [5, 5.41) is 9.59. The van der Waals surface area contributed by atoms with Crippen LogP contribution in [0.4, 0.5) is 0 Å². The highest BCUT2D eigenvalue weighted by atomic mass is 16.5. The van der Waals surface area contributed by atoms with E-state index < -0.39 is 11.8 Å². The Morgan fingerprint density at radius 3 is 2.41 bits per heavy atom. The summed E-state index contributed by atoms with van der Waals surface area (Å²) in [6.45, 7) is 6.68. The van der Waals surface area contributed by atoms with Crippen molar-refractivity contribution in [2.75, 3.05) is 13.2 Å². The highest BCUT2D eigenvalue weighted by molar-refractivity contribution is 6.19. The number of hydrogen-bond donors (Lipinski definition) is 0. The molecule has 0 unspecified atom stereocenters. The normalized spacial score (nSPS) is 15.2. The first kappa shape index (κ1) is 22.8. The quantitative estimate of drug-likeness (QED) is 0.449. The van der Waals surface area contributed by atoms with Crippen molar-refractivity contribution in [2.45, 2.75) is 33.7 Å². The van der Waals surface area contributed by atoms with Crippen molar-refractivity contribution in [3.05, 3.63) is 76.4 Å². The zero-order chi connectivity index (χ0) is 23.1. The molecular formula is C26H26N2O4. The van der Waals surface area contributed by atoms with Gasteiger partial charge >= 0.3 is 0 Å². The fourth-order valence-electron chi connectivity index (χ4n) is 3.42. The van der Waals surface area contributed by atoms with Crippen LogP contribution in [0.15, 0.2) is 65.3 Å². The molecule has 0 fully saturated rings. The van der Waals surface area contributed by atoms with Gasteiger partial charge in [-0.2, -0.15) is 5.26 Å². The molecule has 3 rings (SSSR count). The van der Waals surface area contributed by atoms with E-state index in [4.69, 9.17) is 9.47 Å². The minimum atomic E-state index is -0.575. The van der Waals surface area contributed by atoms with Gasteiger partial charge in [0.1, 0.15) is 11.6 Å². The number of imide groups is 1. The molecule has 0 radical (unpaired) electrons. The third-order valence-corrected chi connectivity index (χ3v) is 5.05. The second-order valence-corrected chi connectivity index (χ2v) is 7.34. The molecule has 1 aliphatic rings. The van der Waals surface area contributed by atoms with Crippen LogP contribution in [0.25, 0.3) is 6.08 Å². The topological polar surface area (TPSA) is 79.6 Å². The number of ether oxygens (including phenoxy) is 2. The lowest BCUT2D eigenvalue weighted by molar-refractivity contribution is -0.141. The number of amides is 2. The van der Waals surface area contributed by atoms with Crippen LogP contribution in [-0.2, 0) is 16.1 Å². The van der Waals surface area contributed by atoms with Gasteiger partial charge in [-0.3, -0.25) is 14.5 Å². The third kappa shape index (κ3) is 4.89. The molecule has 6 heteroatoms. The summed E-state index contributed by atoms with van der Waals surface area (Å²) in [6.07, 6.45) is 2.56. The summed E-state index contributed by atoms with van der Waals surface area (Å²) in [5.74, 6) is 0.212. The molecular weight excluding hydrogens is 404 g/mol. The van der Waals surface area contributed by atoms with Crippen molar-refractivity contribution in [1.29, 1.82) is 5.26 Å². The Hall–Kier alpha value is -3.85. The zero-order valence-electron chi connectivity index (χ0n) is 18.6. The summed E-state index contributed by atoms with van der Waals surface area (Å²) in [6, 6.07) is 16.6. The largest absolute Gasteiger partial charge is 0.490 e. The van der Waals surface area contributed by atoms with Gasteiger partial charge in [0.2, 0.25) is 0 Å². The number of nitrogens with zero attached hydrogens (tertiary/aromatic N) is 2. The predicted molar refractivity (Wildman–Crippen MR) is 122 cm³/mol. The number of carbonyl (C=O) groups is 2. The molecule has 0 bridgehead atoms. The summed E-state index contributed by atoms with van der Waals surface area (Å²) in [4.78, 5) is 27.2. The number of carbonyl (C=O) groups excluding carboxylic acids is 2. The average Bonchev–Trinajstić information content (AvgIpc) is 2.80. The van der Waals surface area contributed by atoms with E-state index in [-0.39, 0.29) is 12.1 Å². The maximum atomic E-state index is 13.3. The molecule has 32 heavy (non-hydrogen) atoms. The first-order chi connectivity index (χ1) is 15.5. The van der Waals surface area contributed by atoms with E-state index in [0.717, 1.165) is 16.9 Å². The molecule has 2 aromatic carbocycles. The van der Waals surface area contributed by atoms with Crippen molar-refractivity contribution >= 4 is 17.9 Å². The molecule has 0 saturated heterocycles. The SMILES string of the molecule is CCCOc1ccc(/C=C2/C(=O)N(Cc3ccccc3)C(=O)C(C#N)=C2C)cc1OCC. The van der Waals surface area contributed by atoms with E-state index in [1.165, 1.54) is 0 Å². The standard InChI is InChI=1S/C26H26N2O4/c1-4-13-32-23-12-11-20(15-24(23)31-5-2)14-21-18(3)22(16-27)26(30)28(25(21)29)17-19-9-7-6-8-10-19/h6-12,14-15H,4-5,13,17H2,1-3H3/b21-14+. The molecule has 0 aromatic heterocycles. The average molecular weight is 431 g/mol. The van der Waals surface area contributed by atoms with Crippen molar-refractivity contribution in [3.8, 4) is 17.6 Å². The molecule has 6 nitrogen and oxygen atoms in total. The molecule has 0 atom stereocenters. The lowest BCUT2D eigenvalue weighted by Crippen LogP contribution is -2.42. The van der Waals surface area contributed by atoms with E-state index in [0.29, 0.717) is 41.4 Å². The Morgan fingerprint density at radius 2 is 1.75 bits per heavy atom. The van der Waals surface area contributed by atoms with Crippen molar-refractivity contribution in [2.24, 2.45) is 0 Å². The van der Waals surface area contributed by atoms with Crippen LogP contribution in [0, 0.1) is 11.3 Å². The van der Waals surface area contributed by atoms with Crippen molar-refractivity contribution in [1.82, 2.24) is 4.90 Å². The fourth-order valence-corrected chi connectivity index (χ4v) is 3.42. The van der Waals surface area contributed by atoms with E-state index in [1.807, 2.05) is 56.3 Å². The summed E-state index contributed by atoms with van der Waals surface area (Å²) in [7, 11) is 0. The minimum absolute atomic E-state index is 0.0280.